The average Bonchev–Trinajstić information content (AvgIpc) is 3.22. The van der Waals surface area contributed by atoms with Crippen molar-refractivity contribution in [2.24, 2.45) is 0 Å². The Labute approximate surface area is 167 Å². The van der Waals surface area contributed by atoms with E-state index in [-0.39, 0.29) is 18.5 Å². The normalized spacial score (nSPS) is 16.4. The van der Waals surface area contributed by atoms with Gasteiger partial charge in [0.25, 0.3) is 0 Å². The van der Waals surface area contributed by atoms with Crippen LogP contribution in [0.5, 0.6) is 0 Å². The number of urea groups is 1. The van der Waals surface area contributed by atoms with Gasteiger partial charge in [0, 0.05) is 31.0 Å². The van der Waals surface area contributed by atoms with Gasteiger partial charge in [0.1, 0.15) is 17.8 Å². The molecule has 0 aliphatic carbocycles. The molecule has 0 unspecified atom stereocenters. The van der Waals surface area contributed by atoms with E-state index in [1.807, 2.05) is 30.5 Å². The van der Waals surface area contributed by atoms with Crippen molar-refractivity contribution in [2.45, 2.75) is 18.9 Å². The maximum absolute atomic E-state index is 12.3. The van der Waals surface area contributed by atoms with Crippen molar-refractivity contribution < 1.29 is 9.59 Å². The lowest BCUT2D eigenvalue weighted by molar-refractivity contribution is -0.120. The summed E-state index contributed by atoms with van der Waals surface area (Å²) in [4.78, 5) is 38.1. The number of hydrogen-bond acceptors (Lipinski definition) is 5. The number of nitrogens with one attached hydrogen (secondary N) is 4. The summed E-state index contributed by atoms with van der Waals surface area (Å²) in [7, 11) is 0. The van der Waals surface area contributed by atoms with Gasteiger partial charge in [-0.1, -0.05) is 18.2 Å². The zero-order chi connectivity index (χ0) is 20.1. The SMILES string of the molecule is O=C(CNC(=O)Nc1ccccc1)N[C@@H]1CCCN(c2ncnc3[nH]ccc23)C1. The number of hydrogen-bond donors (Lipinski definition) is 4. The van der Waals surface area contributed by atoms with Gasteiger partial charge < -0.3 is 25.8 Å². The number of benzene rings is 1. The lowest BCUT2D eigenvalue weighted by atomic mass is 10.1. The Kier molecular flexibility index (Phi) is 5.55. The van der Waals surface area contributed by atoms with E-state index in [1.54, 1.807) is 18.5 Å². The molecule has 9 heteroatoms. The molecule has 1 saturated heterocycles. The second-order valence-corrected chi connectivity index (χ2v) is 6.96. The molecule has 29 heavy (non-hydrogen) atoms. The summed E-state index contributed by atoms with van der Waals surface area (Å²) in [5, 5.41) is 9.25. The maximum atomic E-state index is 12.3. The van der Waals surface area contributed by atoms with Crippen molar-refractivity contribution >= 4 is 34.5 Å². The molecule has 0 spiro atoms. The van der Waals surface area contributed by atoms with Gasteiger partial charge in [0.05, 0.1) is 11.9 Å². The van der Waals surface area contributed by atoms with Gasteiger partial charge in [-0.3, -0.25) is 4.79 Å². The first kappa shape index (κ1) is 18.7. The second-order valence-electron chi connectivity index (χ2n) is 6.96. The standard InChI is InChI=1S/C20H23N7O2/c28-17(11-22-20(29)26-14-5-2-1-3-6-14)25-15-7-4-10-27(12-15)19-16-8-9-21-18(16)23-13-24-19/h1-3,5-6,8-9,13,15H,4,7,10-12H2,(H,25,28)(H,21,23,24)(H2,22,26,29)/t15-/m1/s1. The van der Waals surface area contributed by atoms with Gasteiger partial charge in [-0.05, 0) is 31.0 Å². The van der Waals surface area contributed by atoms with E-state index in [0.717, 1.165) is 36.2 Å². The average molecular weight is 393 g/mol. The predicted octanol–water partition coefficient (Wildman–Crippen LogP) is 1.86. The Balaban J connectivity index is 1.28. The molecule has 1 fully saturated rings. The summed E-state index contributed by atoms with van der Waals surface area (Å²) in [5.41, 5.74) is 1.48. The Morgan fingerprint density at radius 2 is 2.03 bits per heavy atom. The number of H-pyrrole nitrogens is 1. The third kappa shape index (κ3) is 4.63. The minimum atomic E-state index is -0.410. The molecule has 3 aromatic rings. The van der Waals surface area contributed by atoms with E-state index in [9.17, 15) is 9.59 Å². The minimum absolute atomic E-state index is 0.000748. The zero-order valence-corrected chi connectivity index (χ0v) is 15.9. The Bertz CT molecular complexity index is 989. The molecule has 9 nitrogen and oxygen atoms in total. The number of fused-ring (bicyclic) bond motifs is 1. The Hall–Kier alpha value is -3.62. The number of nitrogens with zero attached hydrogens (tertiary/aromatic N) is 3. The van der Waals surface area contributed by atoms with E-state index in [4.69, 9.17) is 0 Å². The first-order chi connectivity index (χ1) is 14.2. The van der Waals surface area contributed by atoms with Gasteiger partial charge in [-0.15, -0.1) is 0 Å². The quantitative estimate of drug-likeness (QED) is 0.528. The second kappa shape index (κ2) is 8.59. The molecule has 0 saturated carbocycles. The van der Waals surface area contributed by atoms with Gasteiger partial charge in [-0.25, -0.2) is 14.8 Å². The fourth-order valence-electron chi connectivity index (χ4n) is 3.53. The predicted molar refractivity (Wildman–Crippen MR) is 111 cm³/mol. The number of carbonyl (C=O) groups excluding carboxylic acids is 2. The van der Waals surface area contributed by atoms with E-state index >= 15 is 0 Å². The molecule has 3 amide bonds. The smallest absolute Gasteiger partial charge is 0.319 e. The highest BCUT2D eigenvalue weighted by Crippen LogP contribution is 2.24. The summed E-state index contributed by atoms with van der Waals surface area (Å²) in [6.07, 6.45) is 5.23. The maximum Gasteiger partial charge on any atom is 0.319 e. The molecule has 1 aliphatic heterocycles. The number of rotatable bonds is 5. The van der Waals surface area contributed by atoms with Gasteiger partial charge >= 0.3 is 6.03 Å². The fraction of sp³-hybridized carbons (Fsp3) is 0.300. The van der Waals surface area contributed by atoms with Crippen LogP contribution in [0.3, 0.4) is 0 Å². The van der Waals surface area contributed by atoms with Crippen molar-refractivity contribution in [3.05, 3.63) is 48.9 Å². The van der Waals surface area contributed by atoms with Crippen LogP contribution in [0.2, 0.25) is 0 Å². The lowest BCUT2D eigenvalue weighted by Gasteiger charge is -2.34. The van der Waals surface area contributed by atoms with Crippen molar-refractivity contribution in [1.29, 1.82) is 0 Å². The summed E-state index contributed by atoms with van der Waals surface area (Å²) >= 11 is 0. The van der Waals surface area contributed by atoms with Crippen LogP contribution in [-0.4, -0.2) is 52.6 Å². The van der Waals surface area contributed by atoms with Crippen LogP contribution in [-0.2, 0) is 4.79 Å². The molecule has 2 aromatic heterocycles. The van der Waals surface area contributed by atoms with Crippen LogP contribution >= 0.6 is 0 Å². The molecule has 1 aromatic carbocycles. The van der Waals surface area contributed by atoms with E-state index in [0.29, 0.717) is 12.2 Å². The summed E-state index contributed by atoms with van der Waals surface area (Å²) in [6.45, 7) is 1.46. The number of carbonyl (C=O) groups is 2. The summed E-state index contributed by atoms with van der Waals surface area (Å²) in [6, 6.07) is 10.6. The van der Waals surface area contributed by atoms with Gasteiger partial charge in [0.15, 0.2) is 0 Å². The van der Waals surface area contributed by atoms with Crippen LogP contribution in [0.1, 0.15) is 12.8 Å². The third-order valence-electron chi connectivity index (χ3n) is 4.86. The number of para-hydroxylation sites is 1. The first-order valence-corrected chi connectivity index (χ1v) is 9.61. The first-order valence-electron chi connectivity index (χ1n) is 9.61. The topological polar surface area (TPSA) is 115 Å². The van der Waals surface area contributed by atoms with Crippen LogP contribution < -0.4 is 20.9 Å². The molecule has 4 rings (SSSR count). The molecule has 150 valence electrons. The Morgan fingerprint density at radius 3 is 2.90 bits per heavy atom. The molecule has 0 bridgehead atoms. The van der Waals surface area contributed by atoms with Crippen LogP contribution in [0.15, 0.2) is 48.9 Å². The van der Waals surface area contributed by atoms with Crippen molar-refractivity contribution in [1.82, 2.24) is 25.6 Å². The van der Waals surface area contributed by atoms with Crippen molar-refractivity contribution in [2.75, 3.05) is 29.9 Å². The molecular weight excluding hydrogens is 370 g/mol. The highest BCUT2D eigenvalue weighted by Gasteiger charge is 2.24. The molecule has 1 atom stereocenters. The zero-order valence-electron chi connectivity index (χ0n) is 15.9. The van der Waals surface area contributed by atoms with E-state index in [1.165, 1.54) is 0 Å². The lowest BCUT2D eigenvalue weighted by Crippen LogP contribution is -2.50. The highest BCUT2D eigenvalue weighted by atomic mass is 16.2. The highest BCUT2D eigenvalue weighted by molar-refractivity contribution is 5.92. The number of amides is 3. The number of piperidine rings is 1. The number of aromatic nitrogens is 3. The molecule has 3 heterocycles. The van der Waals surface area contributed by atoms with Crippen LogP contribution in [0.25, 0.3) is 11.0 Å². The molecular formula is C20H23N7O2. The monoisotopic (exact) mass is 393 g/mol. The number of aromatic amines is 1. The van der Waals surface area contributed by atoms with Crippen LogP contribution in [0.4, 0.5) is 16.3 Å². The van der Waals surface area contributed by atoms with Crippen LogP contribution in [0, 0.1) is 0 Å². The Morgan fingerprint density at radius 1 is 1.17 bits per heavy atom. The van der Waals surface area contributed by atoms with Crippen molar-refractivity contribution in [3.63, 3.8) is 0 Å². The molecule has 1 aliphatic rings. The van der Waals surface area contributed by atoms with Crippen molar-refractivity contribution in [3.8, 4) is 0 Å². The van der Waals surface area contributed by atoms with Gasteiger partial charge in [0.2, 0.25) is 5.91 Å². The summed E-state index contributed by atoms with van der Waals surface area (Å²) < 4.78 is 0. The van der Waals surface area contributed by atoms with Gasteiger partial charge in [-0.2, -0.15) is 0 Å². The fourth-order valence-corrected chi connectivity index (χ4v) is 3.53. The number of anilines is 2. The van der Waals surface area contributed by atoms with E-state index in [2.05, 4.69) is 35.8 Å². The largest absolute Gasteiger partial charge is 0.354 e. The molecule has 4 N–H and O–H groups in total. The summed E-state index contributed by atoms with van der Waals surface area (Å²) in [5.74, 6) is 0.658. The van der Waals surface area contributed by atoms with E-state index < -0.39 is 6.03 Å². The molecule has 0 radical (unpaired) electrons. The minimum Gasteiger partial charge on any atom is -0.354 e. The third-order valence-corrected chi connectivity index (χ3v) is 4.86.